The van der Waals surface area contributed by atoms with Gasteiger partial charge in [0.2, 0.25) is 5.72 Å². The summed E-state index contributed by atoms with van der Waals surface area (Å²) in [6.07, 6.45) is 0. The van der Waals surface area contributed by atoms with E-state index in [9.17, 15) is 8.78 Å². The third-order valence-electron chi connectivity index (χ3n) is 2.19. The zero-order valence-electron chi connectivity index (χ0n) is 11.2. The maximum atomic E-state index is 13.0. The Morgan fingerprint density at radius 3 is 2.58 bits per heavy atom. The molecule has 0 aromatic heterocycles. The van der Waals surface area contributed by atoms with Crippen LogP contribution < -0.4 is 0 Å². The van der Waals surface area contributed by atoms with Crippen molar-refractivity contribution in [1.29, 1.82) is 0 Å². The highest BCUT2D eigenvalue weighted by Gasteiger charge is 2.20. The summed E-state index contributed by atoms with van der Waals surface area (Å²) in [6.45, 7) is 6.28. The van der Waals surface area contributed by atoms with E-state index in [-0.39, 0.29) is 0 Å². The number of azo groups is 1. The second-order valence-electron chi connectivity index (χ2n) is 3.85. The van der Waals surface area contributed by atoms with Gasteiger partial charge in [0, 0.05) is 12.2 Å². The van der Waals surface area contributed by atoms with Crippen LogP contribution in [-0.2, 0) is 4.74 Å². The largest absolute Gasteiger partial charge is 0.343 e. The van der Waals surface area contributed by atoms with Crippen LogP contribution in [0.1, 0.15) is 26.3 Å². The fourth-order valence-corrected chi connectivity index (χ4v) is 1.34. The predicted octanol–water partition coefficient (Wildman–Crippen LogP) is 3.54. The van der Waals surface area contributed by atoms with Gasteiger partial charge in [-0.25, -0.2) is 8.78 Å². The Hall–Kier alpha value is -1.80. The third-order valence-corrected chi connectivity index (χ3v) is 2.19. The molecule has 1 atom stereocenters. The van der Waals surface area contributed by atoms with Gasteiger partial charge < -0.3 is 4.74 Å². The summed E-state index contributed by atoms with van der Waals surface area (Å²) in [6, 6.07) is 3.46. The summed E-state index contributed by atoms with van der Waals surface area (Å²) in [5.74, 6) is 3.65. The molecule has 0 saturated carbocycles. The number of ether oxygens (including phenoxy) is 1. The molecule has 0 aliphatic heterocycles. The zero-order chi connectivity index (χ0) is 14.3. The highest BCUT2D eigenvalue weighted by atomic mass is 19.2. The van der Waals surface area contributed by atoms with Gasteiger partial charge in [0.1, 0.15) is 0 Å². The number of benzene rings is 1. The third kappa shape index (κ3) is 4.76. The van der Waals surface area contributed by atoms with E-state index in [1.807, 2.05) is 13.8 Å². The molecule has 1 aromatic carbocycles. The van der Waals surface area contributed by atoms with E-state index in [1.54, 1.807) is 6.92 Å². The lowest BCUT2D eigenvalue weighted by Crippen LogP contribution is -2.23. The first-order valence-corrected chi connectivity index (χ1v) is 6.01. The highest BCUT2D eigenvalue weighted by molar-refractivity contribution is 5.36. The van der Waals surface area contributed by atoms with E-state index in [0.29, 0.717) is 18.7 Å². The molecular formula is C14H16F2N2O. The van der Waals surface area contributed by atoms with Crippen LogP contribution in [0.5, 0.6) is 0 Å². The van der Waals surface area contributed by atoms with Crippen molar-refractivity contribution in [2.24, 2.45) is 10.2 Å². The van der Waals surface area contributed by atoms with Gasteiger partial charge in [0.25, 0.3) is 0 Å². The molecule has 0 saturated heterocycles. The topological polar surface area (TPSA) is 34.0 Å². The van der Waals surface area contributed by atoms with Crippen LogP contribution >= 0.6 is 0 Å². The molecule has 0 amide bonds. The van der Waals surface area contributed by atoms with Crippen LogP contribution in [0.15, 0.2) is 28.4 Å². The lowest BCUT2D eigenvalue weighted by atomic mass is 10.2. The second kappa shape index (κ2) is 6.95. The maximum Gasteiger partial charge on any atom is 0.238 e. The van der Waals surface area contributed by atoms with Gasteiger partial charge in [-0.3, -0.25) is 0 Å². The molecule has 1 rings (SSSR count). The smallest absolute Gasteiger partial charge is 0.238 e. The summed E-state index contributed by atoms with van der Waals surface area (Å²) in [4.78, 5) is 0. The van der Waals surface area contributed by atoms with Crippen LogP contribution in [-0.4, -0.2) is 18.9 Å². The minimum atomic E-state index is -1.07. The summed E-state index contributed by atoms with van der Waals surface area (Å²) in [5, 5.41) is 7.85. The number of hydrogen-bond donors (Lipinski definition) is 0. The van der Waals surface area contributed by atoms with Gasteiger partial charge in [0.05, 0.1) is 6.54 Å². The Labute approximate surface area is 111 Å². The second-order valence-corrected chi connectivity index (χ2v) is 3.85. The predicted molar refractivity (Wildman–Crippen MR) is 68.7 cm³/mol. The SMILES string of the molecule is CC/N=N\C(C)(C#Cc1ccc(F)c(F)c1)OCC. The van der Waals surface area contributed by atoms with Crippen molar-refractivity contribution in [3.05, 3.63) is 35.4 Å². The van der Waals surface area contributed by atoms with Crippen molar-refractivity contribution in [1.82, 2.24) is 0 Å². The molecule has 0 aliphatic carbocycles. The minimum Gasteiger partial charge on any atom is -0.343 e. The molecule has 0 radical (unpaired) electrons. The van der Waals surface area contributed by atoms with Crippen molar-refractivity contribution in [2.75, 3.05) is 13.2 Å². The first kappa shape index (κ1) is 15.3. The molecule has 0 spiro atoms. The number of nitrogens with zero attached hydrogens (tertiary/aromatic N) is 2. The fraction of sp³-hybridized carbons (Fsp3) is 0.429. The summed E-state index contributed by atoms with van der Waals surface area (Å²) in [7, 11) is 0. The van der Waals surface area contributed by atoms with Crippen LogP contribution in [0.3, 0.4) is 0 Å². The first-order valence-electron chi connectivity index (χ1n) is 6.01. The van der Waals surface area contributed by atoms with Crippen LogP contribution in [0.2, 0.25) is 0 Å². The molecular weight excluding hydrogens is 250 g/mol. The van der Waals surface area contributed by atoms with Crippen LogP contribution in [0, 0.1) is 23.5 Å². The van der Waals surface area contributed by atoms with E-state index in [4.69, 9.17) is 4.74 Å². The molecule has 1 aromatic rings. The molecule has 0 fully saturated rings. The lowest BCUT2D eigenvalue weighted by molar-refractivity contribution is 0.0226. The van der Waals surface area contributed by atoms with Gasteiger partial charge in [-0.15, -0.1) is 5.11 Å². The van der Waals surface area contributed by atoms with Crippen LogP contribution in [0.4, 0.5) is 8.78 Å². The first-order chi connectivity index (χ1) is 9.00. The Morgan fingerprint density at radius 1 is 1.26 bits per heavy atom. The number of rotatable bonds is 4. The van der Waals surface area contributed by atoms with Gasteiger partial charge >= 0.3 is 0 Å². The lowest BCUT2D eigenvalue weighted by Gasteiger charge is -2.16. The van der Waals surface area contributed by atoms with Gasteiger partial charge in [0.15, 0.2) is 11.6 Å². The minimum absolute atomic E-state index is 0.358. The Bertz CT molecular complexity index is 520. The van der Waals surface area contributed by atoms with Crippen molar-refractivity contribution < 1.29 is 13.5 Å². The van der Waals surface area contributed by atoms with Crippen molar-refractivity contribution in [3.8, 4) is 11.8 Å². The maximum absolute atomic E-state index is 13.0. The van der Waals surface area contributed by atoms with Gasteiger partial charge in [-0.1, -0.05) is 5.92 Å². The quantitative estimate of drug-likeness (QED) is 0.606. The molecule has 0 heterocycles. The summed E-state index contributed by atoms with van der Waals surface area (Å²) >= 11 is 0. The molecule has 19 heavy (non-hydrogen) atoms. The number of hydrogen-bond acceptors (Lipinski definition) is 3. The van der Waals surface area contributed by atoms with Crippen molar-refractivity contribution in [3.63, 3.8) is 0 Å². The zero-order valence-corrected chi connectivity index (χ0v) is 11.2. The van der Waals surface area contributed by atoms with Crippen molar-refractivity contribution in [2.45, 2.75) is 26.5 Å². The van der Waals surface area contributed by atoms with Crippen LogP contribution in [0.25, 0.3) is 0 Å². The Morgan fingerprint density at radius 2 is 2.00 bits per heavy atom. The van der Waals surface area contributed by atoms with E-state index < -0.39 is 17.4 Å². The number of halogens is 2. The molecule has 1 unspecified atom stereocenters. The van der Waals surface area contributed by atoms with Gasteiger partial charge in [-0.05, 0) is 44.9 Å². The monoisotopic (exact) mass is 266 g/mol. The molecule has 3 nitrogen and oxygen atoms in total. The highest BCUT2D eigenvalue weighted by Crippen LogP contribution is 2.13. The Balaban J connectivity index is 2.99. The van der Waals surface area contributed by atoms with E-state index in [1.165, 1.54) is 6.07 Å². The normalized spacial score (nSPS) is 13.9. The van der Waals surface area contributed by atoms with E-state index >= 15 is 0 Å². The molecule has 102 valence electrons. The molecule has 0 bridgehead atoms. The molecule has 5 heteroatoms. The van der Waals surface area contributed by atoms with Crippen molar-refractivity contribution >= 4 is 0 Å². The van der Waals surface area contributed by atoms with E-state index in [2.05, 4.69) is 22.1 Å². The standard InChI is InChI=1S/C14H16F2N2O/c1-4-17-18-14(3,19-5-2)9-8-11-6-7-12(15)13(16)10-11/h6-7,10H,4-5H2,1-3H3/b18-17-. The average molecular weight is 266 g/mol. The van der Waals surface area contributed by atoms with E-state index in [0.717, 1.165) is 12.1 Å². The fourth-order valence-electron chi connectivity index (χ4n) is 1.34. The van der Waals surface area contributed by atoms with Gasteiger partial charge in [-0.2, -0.15) is 5.11 Å². The summed E-state index contributed by atoms with van der Waals surface area (Å²) < 4.78 is 31.2. The summed E-state index contributed by atoms with van der Waals surface area (Å²) in [5.41, 5.74) is -0.716. The Kier molecular flexibility index (Phi) is 5.58. The average Bonchev–Trinajstić information content (AvgIpc) is 2.38. The molecule has 0 aliphatic rings. The molecule has 0 N–H and O–H groups in total.